The normalized spacial score (nSPS) is 15.3. The lowest BCUT2D eigenvalue weighted by molar-refractivity contribution is -0.138. The van der Waals surface area contributed by atoms with Crippen LogP contribution in [0.5, 0.6) is 0 Å². The first-order chi connectivity index (χ1) is 11.1. The van der Waals surface area contributed by atoms with Gasteiger partial charge in [0.25, 0.3) is 0 Å². The van der Waals surface area contributed by atoms with Gasteiger partial charge < -0.3 is 15.5 Å². The van der Waals surface area contributed by atoms with Gasteiger partial charge >= 0.3 is 11.8 Å². The fraction of sp³-hybridized carbons (Fsp3) is 0.500. The van der Waals surface area contributed by atoms with Gasteiger partial charge in [-0.05, 0) is 25.1 Å². The predicted molar refractivity (Wildman–Crippen MR) is 86.7 cm³/mol. The Morgan fingerprint density at radius 2 is 1.83 bits per heavy atom. The number of hydrogen-bond acceptors (Lipinski definition) is 4. The van der Waals surface area contributed by atoms with Crippen molar-refractivity contribution in [3.8, 4) is 0 Å². The fourth-order valence-corrected chi connectivity index (χ4v) is 2.62. The molecule has 0 aliphatic carbocycles. The van der Waals surface area contributed by atoms with Gasteiger partial charge in [-0.15, -0.1) is 0 Å². The van der Waals surface area contributed by atoms with Crippen molar-refractivity contribution in [3.05, 3.63) is 30.1 Å². The van der Waals surface area contributed by atoms with Crippen molar-refractivity contribution in [2.75, 3.05) is 51.2 Å². The highest BCUT2D eigenvalue weighted by Crippen LogP contribution is 2.19. The van der Waals surface area contributed by atoms with Gasteiger partial charge in [-0.3, -0.25) is 14.5 Å². The monoisotopic (exact) mass is 322 g/mol. The third-order valence-corrected chi connectivity index (χ3v) is 3.94. The third-order valence-electron chi connectivity index (χ3n) is 3.94. The summed E-state index contributed by atoms with van der Waals surface area (Å²) >= 11 is 0. The van der Waals surface area contributed by atoms with Gasteiger partial charge in [-0.25, -0.2) is 4.39 Å². The Morgan fingerprint density at radius 3 is 2.48 bits per heavy atom. The Balaban J connectivity index is 1.66. The summed E-state index contributed by atoms with van der Waals surface area (Å²) in [6, 6.07) is 6.83. The molecule has 0 unspecified atom stereocenters. The van der Waals surface area contributed by atoms with Crippen molar-refractivity contribution in [3.63, 3.8) is 0 Å². The number of rotatable bonds is 5. The number of nitrogens with zero attached hydrogens (tertiary/aromatic N) is 2. The van der Waals surface area contributed by atoms with E-state index in [0.717, 1.165) is 39.1 Å². The van der Waals surface area contributed by atoms with E-state index in [9.17, 15) is 14.0 Å². The highest BCUT2D eigenvalue weighted by molar-refractivity contribution is 6.34. The number of hydrogen-bond donors (Lipinski definition) is 2. The van der Waals surface area contributed by atoms with Crippen LogP contribution in [0.15, 0.2) is 24.3 Å². The summed E-state index contributed by atoms with van der Waals surface area (Å²) in [4.78, 5) is 26.7. The van der Waals surface area contributed by atoms with Crippen molar-refractivity contribution >= 4 is 17.5 Å². The van der Waals surface area contributed by atoms with Crippen LogP contribution < -0.4 is 15.5 Å². The van der Waals surface area contributed by atoms with Crippen molar-refractivity contribution in [2.24, 2.45) is 0 Å². The number of amides is 2. The molecule has 0 bridgehead atoms. The summed E-state index contributed by atoms with van der Waals surface area (Å²) < 4.78 is 13.8. The number of anilines is 1. The Hall–Kier alpha value is -2.15. The molecule has 2 rings (SSSR count). The van der Waals surface area contributed by atoms with E-state index in [1.54, 1.807) is 12.1 Å². The third kappa shape index (κ3) is 4.92. The lowest BCUT2D eigenvalue weighted by Gasteiger charge is -2.36. The number of likely N-dealkylation sites (N-methyl/N-ethyl adjacent to an activating group) is 1. The first-order valence-corrected chi connectivity index (χ1v) is 7.83. The smallest absolute Gasteiger partial charge is 0.309 e. The minimum Gasteiger partial charge on any atom is -0.367 e. The summed E-state index contributed by atoms with van der Waals surface area (Å²) in [7, 11) is 1.43. The van der Waals surface area contributed by atoms with Crippen molar-refractivity contribution in [1.29, 1.82) is 0 Å². The lowest BCUT2D eigenvalue weighted by atomic mass is 10.2. The van der Waals surface area contributed by atoms with Crippen LogP contribution in [0, 0.1) is 5.82 Å². The van der Waals surface area contributed by atoms with E-state index in [1.165, 1.54) is 13.1 Å². The van der Waals surface area contributed by atoms with E-state index in [-0.39, 0.29) is 5.82 Å². The molecule has 1 fully saturated rings. The molecule has 0 spiro atoms. The number of halogens is 1. The summed E-state index contributed by atoms with van der Waals surface area (Å²) in [5.74, 6) is -1.40. The highest BCUT2D eigenvalue weighted by atomic mass is 19.1. The van der Waals surface area contributed by atoms with Crippen LogP contribution in [0.1, 0.15) is 6.42 Å². The van der Waals surface area contributed by atoms with Gasteiger partial charge in [0.1, 0.15) is 5.82 Å². The van der Waals surface area contributed by atoms with Crippen LogP contribution in [0.4, 0.5) is 10.1 Å². The molecule has 1 aliphatic rings. The number of benzene rings is 1. The maximum atomic E-state index is 13.8. The van der Waals surface area contributed by atoms with Gasteiger partial charge in [0.05, 0.1) is 5.69 Å². The van der Waals surface area contributed by atoms with E-state index in [0.29, 0.717) is 12.2 Å². The van der Waals surface area contributed by atoms with E-state index in [1.807, 2.05) is 6.07 Å². The summed E-state index contributed by atoms with van der Waals surface area (Å²) in [5.41, 5.74) is 0.657. The molecule has 2 N–H and O–H groups in total. The zero-order valence-electron chi connectivity index (χ0n) is 13.3. The molecule has 1 saturated heterocycles. The number of carbonyl (C=O) groups excluding carboxylic acids is 2. The van der Waals surface area contributed by atoms with Crippen LogP contribution in [-0.2, 0) is 9.59 Å². The topological polar surface area (TPSA) is 64.7 Å². The SMILES string of the molecule is CNC(=O)C(=O)NCCCN1CCN(c2ccccc2F)CC1. The van der Waals surface area contributed by atoms with Gasteiger partial charge in [0, 0.05) is 39.8 Å². The van der Waals surface area contributed by atoms with Crippen molar-refractivity contribution in [1.82, 2.24) is 15.5 Å². The maximum absolute atomic E-state index is 13.8. The summed E-state index contributed by atoms with van der Waals surface area (Å²) in [5, 5.41) is 4.86. The molecule has 0 atom stereocenters. The van der Waals surface area contributed by atoms with Crippen LogP contribution in [0.2, 0.25) is 0 Å². The molecule has 1 aliphatic heterocycles. The van der Waals surface area contributed by atoms with Crippen LogP contribution >= 0.6 is 0 Å². The molecular formula is C16H23FN4O2. The summed E-state index contributed by atoms with van der Waals surface area (Å²) in [6.07, 6.45) is 0.780. The zero-order valence-corrected chi connectivity index (χ0v) is 13.3. The van der Waals surface area contributed by atoms with Gasteiger partial charge in [-0.1, -0.05) is 12.1 Å². The Morgan fingerprint density at radius 1 is 1.13 bits per heavy atom. The van der Waals surface area contributed by atoms with Crippen LogP contribution in [0.3, 0.4) is 0 Å². The van der Waals surface area contributed by atoms with Crippen molar-refractivity contribution in [2.45, 2.75) is 6.42 Å². The molecule has 1 heterocycles. The average molecular weight is 322 g/mol. The maximum Gasteiger partial charge on any atom is 0.309 e. The molecule has 23 heavy (non-hydrogen) atoms. The van der Waals surface area contributed by atoms with E-state index in [2.05, 4.69) is 20.4 Å². The zero-order chi connectivity index (χ0) is 16.7. The summed E-state index contributed by atoms with van der Waals surface area (Å²) in [6.45, 7) is 4.60. The standard InChI is InChI=1S/C16H23FN4O2/c1-18-15(22)16(23)19-7-4-8-20-9-11-21(12-10-20)14-6-3-2-5-13(14)17/h2-3,5-6H,4,7-12H2,1H3,(H,18,22)(H,19,23). The minimum absolute atomic E-state index is 0.183. The van der Waals surface area contributed by atoms with Gasteiger partial charge in [-0.2, -0.15) is 0 Å². The largest absolute Gasteiger partial charge is 0.367 e. The first-order valence-electron chi connectivity index (χ1n) is 7.83. The average Bonchev–Trinajstić information content (AvgIpc) is 2.59. The van der Waals surface area contributed by atoms with Crippen LogP contribution in [-0.4, -0.2) is 63.0 Å². The highest BCUT2D eigenvalue weighted by Gasteiger charge is 2.19. The minimum atomic E-state index is -0.622. The molecular weight excluding hydrogens is 299 g/mol. The second-order valence-corrected chi connectivity index (χ2v) is 5.47. The number of carbonyl (C=O) groups is 2. The molecule has 1 aromatic rings. The Kier molecular flexibility index (Phi) is 6.34. The van der Waals surface area contributed by atoms with Gasteiger partial charge in [0.15, 0.2) is 0 Å². The molecule has 7 heteroatoms. The van der Waals surface area contributed by atoms with Gasteiger partial charge in [0.2, 0.25) is 0 Å². The molecule has 1 aromatic carbocycles. The molecule has 6 nitrogen and oxygen atoms in total. The molecule has 0 saturated carbocycles. The fourth-order valence-electron chi connectivity index (χ4n) is 2.62. The van der Waals surface area contributed by atoms with E-state index < -0.39 is 11.8 Å². The number of para-hydroxylation sites is 1. The lowest BCUT2D eigenvalue weighted by Crippen LogP contribution is -2.47. The Bertz CT molecular complexity index is 545. The quantitative estimate of drug-likeness (QED) is 0.600. The number of piperazine rings is 1. The predicted octanol–water partition coefficient (Wildman–Crippen LogP) is 0.200. The van der Waals surface area contributed by atoms with E-state index in [4.69, 9.17) is 0 Å². The van der Waals surface area contributed by atoms with Crippen molar-refractivity contribution < 1.29 is 14.0 Å². The Labute approximate surface area is 135 Å². The van der Waals surface area contributed by atoms with E-state index >= 15 is 0 Å². The molecule has 2 amide bonds. The molecule has 0 radical (unpaired) electrons. The van der Waals surface area contributed by atoms with Crippen LogP contribution in [0.25, 0.3) is 0 Å². The first kappa shape index (κ1) is 17.2. The molecule has 0 aromatic heterocycles. The second-order valence-electron chi connectivity index (χ2n) is 5.47. The molecule has 126 valence electrons. The second kappa shape index (κ2) is 8.47. The number of nitrogens with one attached hydrogen (secondary N) is 2.